The van der Waals surface area contributed by atoms with Crippen molar-refractivity contribution in [2.24, 2.45) is 0 Å². The lowest BCUT2D eigenvalue weighted by atomic mass is 10.1. The van der Waals surface area contributed by atoms with Crippen LogP contribution in [0.1, 0.15) is 16.1 Å². The second kappa shape index (κ2) is 5.10. The number of carbonyl (C=O) groups excluding carboxylic acids is 1. The summed E-state index contributed by atoms with van der Waals surface area (Å²) in [6, 6.07) is 13.2. The third-order valence-electron chi connectivity index (χ3n) is 3.10. The van der Waals surface area contributed by atoms with Crippen molar-refractivity contribution >= 4 is 5.91 Å². The summed E-state index contributed by atoms with van der Waals surface area (Å²) in [4.78, 5) is 15.9. The van der Waals surface area contributed by atoms with Crippen LogP contribution in [0, 0.1) is 0 Å². The van der Waals surface area contributed by atoms with Gasteiger partial charge in [0.25, 0.3) is 5.91 Å². The van der Waals surface area contributed by atoms with Gasteiger partial charge in [-0.05, 0) is 23.8 Å². The summed E-state index contributed by atoms with van der Waals surface area (Å²) in [5.41, 5.74) is 1.62. The SMILES string of the molecule is O=C(NCC1Cc2ccccc2O1)c1ccccn1. The van der Waals surface area contributed by atoms with Crippen molar-refractivity contribution < 1.29 is 9.53 Å². The average molecular weight is 254 g/mol. The van der Waals surface area contributed by atoms with Crippen LogP contribution in [0.4, 0.5) is 0 Å². The third kappa shape index (κ3) is 2.57. The summed E-state index contributed by atoms with van der Waals surface area (Å²) in [5.74, 6) is 0.750. The highest BCUT2D eigenvalue weighted by atomic mass is 16.5. The first-order valence-electron chi connectivity index (χ1n) is 6.27. The predicted octanol–water partition coefficient (Wildman–Crippen LogP) is 1.82. The number of nitrogens with one attached hydrogen (secondary N) is 1. The Kier molecular flexibility index (Phi) is 3.14. The Morgan fingerprint density at radius 3 is 2.89 bits per heavy atom. The van der Waals surface area contributed by atoms with Crippen molar-refractivity contribution in [1.82, 2.24) is 10.3 Å². The molecule has 1 unspecified atom stereocenters. The summed E-state index contributed by atoms with van der Waals surface area (Å²) >= 11 is 0. The number of nitrogens with zero attached hydrogens (tertiary/aromatic N) is 1. The zero-order valence-corrected chi connectivity index (χ0v) is 10.4. The molecule has 0 spiro atoms. The van der Waals surface area contributed by atoms with E-state index in [2.05, 4.69) is 16.4 Å². The number of para-hydroxylation sites is 1. The molecule has 1 aromatic heterocycles. The van der Waals surface area contributed by atoms with Crippen molar-refractivity contribution in [1.29, 1.82) is 0 Å². The number of benzene rings is 1. The molecule has 1 amide bonds. The lowest BCUT2D eigenvalue weighted by molar-refractivity contribution is 0.0928. The number of hydrogen-bond donors (Lipinski definition) is 1. The van der Waals surface area contributed by atoms with Crippen LogP contribution in [0.15, 0.2) is 48.7 Å². The first kappa shape index (κ1) is 11.7. The summed E-state index contributed by atoms with van der Waals surface area (Å²) in [6.45, 7) is 0.490. The molecule has 2 heterocycles. The van der Waals surface area contributed by atoms with Crippen LogP contribution < -0.4 is 10.1 Å². The van der Waals surface area contributed by atoms with Gasteiger partial charge in [-0.25, -0.2) is 0 Å². The zero-order valence-electron chi connectivity index (χ0n) is 10.4. The topological polar surface area (TPSA) is 51.2 Å². The summed E-state index contributed by atoms with van der Waals surface area (Å²) < 4.78 is 5.76. The monoisotopic (exact) mass is 254 g/mol. The molecule has 0 aliphatic carbocycles. The molecule has 4 heteroatoms. The number of amides is 1. The van der Waals surface area contributed by atoms with Crippen LogP contribution in [-0.4, -0.2) is 23.5 Å². The fourth-order valence-corrected chi connectivity index (χ4v) is 2.16. The highest BCUT2D eigenvalue weighted by Gasteiger charge is 2.22. The van der Waals surface area contributed by atoms with Crippen LogP contribution in [0.25, 0.3) is 0 Å². The van der Waals surface area contributed by atoms with Crippen molar-refractivity contribution in [2.45, 2.75) is 12.5 Å². The van der Waals surface area contributed by atoms with Crippen molar-refractivity contribution in [3.8, 4) is 5.75 Å². The Labute approximate surface area is 111 Å². The Balaban J connectivity index is 1.56. The van der Waals surface area contributed by atoms with E-state index in [1.807, 2.05) is 18.2 Å². The van der Waals surface area contributed by atoms with Gasteiger partial charge in [0, 0.05) is 12.6 Å². The Bertz CT molecular complexity index is 559. The molecule has 1 atom stereocenters. The lowest BCUT2D eigenvalue weighted by Gasteiger charge is -2.11. The van der Waals surface area contributed by atoms with Crippen LogP contribution in [0.2, 0.25) is 0 Å². The fraction of sp³-hybridized carbons (Fsp3) is 0.200. The van der Waals surface area contributed by atoms with E-state index in [9.17, 15) is 4.79 Å². The summed E-state index contributed by atoms with van der Waals surface area (Å²) in [6.07, 6.45) is 2.44. The zero-order chi connectivity index (χ0) is 13.1. The number of ether oxygens (including phenoxy) is 1. The van der Waals surface area contributed by atoms with Crippen LogP contribution >= 0.6 is 0 Å². The fourth-order valence-electron chi connectivity index (χ4n) is 2.16. The Morgan fingerprint density at radius 1 is 1.26 bits per heavy atom. The molecule has 4 nitrogen and oxygen atoms in total. The van der Waals surface area contributed by atoms with Crippen molar-refractivity contribution in [2.75, 3.05) is 6.54 Å². The number of fused-ring (bicyclic) bond motifs is 1. The molecule has 1 N–H and O–H groups in total. The lowest BCUT2D eigenvalue weighted by Crippen LogP contribution is -2.34. The number of aromatic nitrogens is 1. The van der Waals surface area contributed by atoms with Gasteiger partial charge in [0.2, 0.25) is 0 Å². The van der Waals surface area contributed by atoms with E-state index in [-0.39, 0.29) is 12.0 Å². The molecule has 1 aliphatic heterocycles. The van der Waals surface area contributed by atoms with Crippen LogP contribution in [0.5, 0.6) is 5.75 Å². The smallest absolute Gasteiger partial charge is 0.270 e. The summed E-state index contributed by atoms with van der Waals surface area (Å²) in [5, 5.41) is 2.85. The van der Waals surface area contributed by atoms with Gasteiger partial charge in [-0.1, -0.05) is 24.3 Å². The molecule has 0 saturated carbocycles. The first-order chi connectivity index (χ1) is 9.33. The maximum atomic E-state index is 11.8. The van der Waals surface area contributed by atoms with Gasteiger partial charge in [0.05, 0.1) is 6.54 Å². The normalized spacial score (nSPS) is 16.5. The number of carbonyl (C=O) groups is 1. The standard InChI is InChI=1S/C15H14N2O2/c18-15(13-6-3-4-8-16-13)17-10-12-9-11-5-1-2-7-14(11)19-12/h1-8,12H,9-10H2,(H,17,18). The van der Waals surface area contributed by atoms with Crippen molar-refractivity contribution in [3.05, 3.63) is 59.9 Å². The van der Waals surface area contributed by atoms with E-state index in [1.54, 1.807) is 24.4 Å². The van der Waals surface area contributed by atoms with Gasteiger partial charge in [0.1, 0.15) is 17.5 Å². The molecular formula is C15H14N2O2. The van der Waals surface area contributed by atoms with E-state index in [0.717, 1.165) is 12.2 Å². The van der Waals surface area contributed by atoms with Gasteiger partial charge in [-0.15, -0.1) is 0 Å². The Hall–Kier alpha value is -2.36. The second-order valence-corrected chi connectivity index (χ2v) is 4.48. The Morgan fingerprint density at radius 2 is 2.11 bits per heavy atom. The highest BCUT2D eigenvalue weighted by molar-refractivity contribution is 5.92. The van der Waals surface area contributed by atoms with E-state index >= 15 is 0 Å². The first-order valence-corrected chi connectivity index (χ1v) is 6.27. The molecule has 0 radical (unpaired) electrons. The van der Waals surface area contributed by atoms with Crippen LogP contribution in [0.3, 0.4) is 0 Å². The molecule has 96 valence electrons. The quantitative estimate of drug-likeness (QED) is 0.909. The number of pyridine rings is 1. The second-order valence-electron chi connectivity index (χ2n) is 4.48. The largest absolute Gasteiger partial charge is 0.488 e. The highest BCUT2D eigenvalue weighted by Crippen LogP contribution is 2.27. The molecule has 2 aromatic rings. The van der Waals surface area contributed by atoms with Gasteiger partial charge in [0.15, 0.2) is 0 Å². The minimum Gasteiger partial charge on any atom is -0.488 e. The maximum Gasteiger partial charge on any atom is 0.270 e. The van der Waals surface area contributed by atoms with E-state index in [0.29, 0.717) is 12.2 Å². The van der Waals surface area contributed by atoms with E-state index in [1.165, 1.54) is 5.56 Å². The van der Waals surface area contributed by atoms with E-state index < -0.39 is 0 Å². The minimum absolute atomic E-state index is 0.00469. The van der Waals surface area contributed by atoms with Gasteiger partial charge < -0.3 is 10.1 Å². The minimum atomic E-state index is -0.167. The van der Waals surface area contributed by atoms with Gasteiger partial charge in [-0.2, -0.15) is 0 Å². The average Bonchev–Trinajstić information content (AvgIpc) is 2.88. The molecular weight excluding hydrogens is 240 g/mol. The van der Waals surface area contributed by atoms with E-state index in [4.69, 9.17) is 4.74 Å². The molecule has 0 saturated heterocycles. The molecule has 1 aromatic carbocycles. The van der Waals surface area contributed by atoms with Gasteiger partial charge >= 0.3 is 0 Å². The molecule has 1 aliphatic rings. The molecule has 0 fully saturated rings. The number of rotatable bonds is 3. The van der Waals surface area contributed by atoms with Crippen LogP contribution in [-0.2, 0) is 6.42 Å². The molecule has 0 bridgehead atoms. The summed E-state index contributed by atoms with van der Waals surface area (Å²) in [7, 11) is 0. The number of hydrogen-bond acceptors (Lipinski definition) is 3. The van der Waals surface area contributed by atoms with Gasteiger partial charge in [-0.3, -0.25) is 9.78 Å². The molecule has 19 heavy (non-hydrogen) atoms. The molecule has 3 rings (SSSR count). The maximum absolute atomic E-state index is 11.8. The third-order valence-corrected chi connectivity index (χ3v) is 3.10. The van der Waals surface area contributed by atoms with Crippen molar-refractivity contribution in [3.63, 3.8) is 0 Å². The predicted molar refractivity (Wildman–Crippen MR) is 71.1 cm³/mol.